The minimum absolute atomic E-state index is 0.627. The largest absolute Gasteiger partial charge is 0.338 e. The van der Waals surface area contributed by atoms with Crippen LogP contribution in [0.1, 0.15) is 0 Å². The van der Waals surface area contributed by atoms with E-state index in [9.17, 15) is 0 Å². The van der Waals surface area contributed by atoms with Gasteiger partial charge in [0.15, 0.2) is 0 Å². The molecular weight excluding hydrogens is 294 g/mol. The highest BCUT2D eigenvalue weighted by atomic mass is 35.5. The van der Waals surface area contributed by atoms with E-state index in [0.29, 0.717) is 5.88 Å². The molecule has 1 heterocycles. The molecule has 0 unspecified atom stereocenters. The lowest BCUT2D eigenvalue weighted by molar-refractivity contribution is 0.979. The summed E-state index contributed by atoms with van der Waals surface area (Å²) in [6.07, 6.45) is 2.11. The quantitative estimate of drug-likeness (QED) is 0.563. The molecule has 0 N–H and O–H groups in total. The fourth-order valence-electron chi connectivity index (χ4n) is 2.26. The normalized spacial score (nSPS) is 13.1. The van der Waals surface area contributed by atoms with Crippen molar-refractivity contribution in [1.82, 2.24) is 0 Å². The van der Waals surface area contributed by atoms with E-state index in [1.54, 1.807) is 11.8 Å². The summed E-state index contributed by atoms with van der Waals surface area (Å²) in [4.78, 5) is 6.23. The zero-order valence-corrected chi connectivity index (χ0v) is 13.0. The van der Waals surface area contributed by atoms with Crippen LogP contribution in [0, 0.1) is 0 Å². The van der Waals surface area contributed by atoms with Crippen LogP contribution >= 0.6 is 35.1 Å². The molecule has 1 aliphatic rings. The van der Waals surface area contributed by atoms with Crippen LogP contribution in [0.4, 0.5) is 11.4 Å². The van der Waals surface area contributed by atoms with Crippen LogP contribution in [-0.4, -0.2) is 18.7 Å². The highest BCUT2D eigenvalue weighted by molar-refractivity contribution is 8.00. The number of alkyl halides is 1. The van der Waals surface area contributed by atoms with Crippen LogP contribution in [0.15, 0.2) is 57.2 Å². The molecule has 0 aromatic heterocycles. The van der Waals surface area contributed by atoms with E-state index >= 15 is 0 Å². The summed E-state index contributed by atoms with van der Waals surface area (Å²) in [5.41, 5.74) is 2.54. The van der Waals surface area contributed by atoms with E-state index in [-0.39, 0.29) is 0 Å². The van der Waals surface area contributed by atoms with Crippen LogP contribution in [0.2, 0.25) is 0 Å². The third-order valence-electron chi connectivity index (χ3n) is 3.14. The number of halogens is 1. The van der Waals surface area contributed by atoms with Gasteiger partial charge in [0.25, 0.3) is 0 Å². The van der Waals surface area contributed by atoms with Crippen molar-refractivity contribution in [3.63, 3.8) is 0 Å². The molecule has 0 amide bonds. The Balaban J connectivity index is 2.12. The predicted molar refractivity (Wildman–Crippen MR) is 86.5 cm³/mol. The lowest BCUT2D eigenvalue weighted by atomic mass is 10.2. The van der Waals surface area contributed by atoms with Crippen molar-refractivity contribution in [1.29, 1.82) is 0 Å². The number of nitrogens with zero attached hydrogens (tertiary/aromatic N) is 1. The SMILES string of the molecule is CSc1ccc2c(c1)N(CCCl)c1ccccc1S2. The molecule has 19 heavy (non-hydrogen) atoms. The van der Waals surface area contributed by atoms with Crippen LogP contribution < -0.4 is 4.90 Å². The Bertz CT molecular complexity index is 600. The second-order valence-electron chi connectivity index (χ2n) is 4.24. The topological polar surface area (TPSA) is 3.24 Å². The summed E-state index contributed by atoms with van der Waals surface area (Å²) < 4.78 is 0. The summed E-state index contributed by atoms with van der Waals surface area (Å²) >= 11 is 9.60. The zero-order valence-electron chi connectivity index (χ0n) is 10.6. The molecule has 3 rings (SSSR count). The van der Waals surface area contributed by atoms with E-state index < -0.39 is 0 Å². The van der Waals surface area contributed by atoms with Crippen molar-refractivity contribution in [2.45, 2.75) is 14.7 Å². The third kappa shape index (κ3) is 2.47. The van der Waals surface area contributed by atoms with Crippen molar-refractivity contribution in [2.24, 2.45) is 0 Å². The monoisotopic (exact) mass is 307 g/mol. The number of hydrogen-bond acceptors (Lipinski definition) is 3. The first-order valence-electron chi connectivity index (χ1n) is 6.12. The van der Waals surface area contributed by atoms with Gasteiger partial charge in [-0.2, -0.15) is 0 Å². The second kappa shape index (κ2) is 5.70. The molecule has 0 bridgehead atoms. The molecule has 1 nitrogen and oxygen atoms in total. The Morgan fingerprint density at radius 1 is 1.11 bits per heavy atom. The Hall–Kier alpha value is -0.770. The standard InChI is InChI=1S/C15H14ClNS2/c1-18-11-6-7-15-13(10-11)17(9-8-16)12-4-2-3-5-14(12)19-15/h2-7,10H,8-9H2,1H3. The molecule has 0 fully saturated rings. The maximum Gasteiger partial charge on any atom is 0.0564 e. The molecule has 0 radical (unpaired) electrons. The first kappa shape index (κ1) is 13.2. The molecule has 0 atom stereocenters. The van der Waals surface area contributed by atoms with Crippen LogP contribution in [-0.2, 0) is 0 Å². The van der Waals surface area contributed by atoms with Crippen molar-refractivity contribution >= 4 is 46.5 Å². The number of benzene rings is 2. The molecule has 0 aliphatic carbocycles. The average molecular weight is 308 g/mol. The fraction of sp³-hybridized carbons (Fsp3) is 0.200. The molecule has 2 aromatic rings. The summed E-state index contributed by atoms with van der Waals surface area (Å²) in [7, 11) is 0. The van der Waals surface area contributed by atoms with Crippen LogP contribution in [0.5, 0.6) is 0 Å². The van der Waals surface area contributed by atoms with Gasteiger partial charge >= 0.3 is 0 Å². The average Bonchev–Trinajstić information content (AvgIpc) is 2.47. The summed E-state index contributed by atoms with van der Waals surface area (Å²) in [5, 5.41) is 0. The van der Waals surface area contributed by atoms with Gasteiger partial charge in [-0.3, -0.25) is 0 Å². The highest BCUT2D eigenvalue weighted by Crippen LogP contribution is 2.48. The van der Waals surface area contributed by atoms with Gasteiger partial charge in [0.1, 0.15) is 0 Å². The number of hydrogen-bond donors (Lipinski definition) is 0. The van der Waals surface area contributed by atoms with Crippen LogP contribution in [0.25, 0.3) is 0 Å². The number of rotatable bonds is 3. The van der Waals surface area contributed by atoms with Crippen molar-refractivity contribution < 1.29 is 0 Å². The second-order valence-corrected chi connectivity index (χ2v) is 6.59. The predicted octanol–water partition coefficient (Wildman–Crippen LogP) is 5.25. The van der Waals surface area contributed by atoms with Crippen LogP contribution in [0.3, 0.4) is 0 Å². The molecule has 98 valence electrons. The maximum absolute atomic E-state index is 5.99. The van der Waals surface area contributed by atoms with E-state index in [4.69, 9.17) is 11.6 Å². The molecular formula is C15H14ClNS2. The fourth-order valence-corrected chi connectivity index (χ4v) is 3.94. The van der Waals surface area contributed by atoms with Gasteiger partial charge in [0.05, 0.1) is 11.4 Å². The Morgan fingerprint density at radius 2 is 1.89 bits per heavy atom. The molecule has 1 aliphatic heterocycles. The molecule has 0 saturated heterocycles. The molecule has 2 aromatic carbocycles. The maximum atomic E-state index is 5.99. The minimum atomic E-state index is 0.627. The van der Waals surface area contributed by atoms with Crippen molar-refractivity contribution in [3.8, 4) is 0 Å². The lowest BCUT2D eigenvalue weighted by Crippen LogP contribution is -2.22. The van der Waals surface area contributed by atoms with Gasteiger partial charge in [-0.1, -0.05) is 23.9 Å². The van der Waals surface area contributed by atoms with Gasteiger partial charge < -0.3 is 4.90 Å². The van der Waals surface area contributed by atoms with Crippen molar-refractivity contribution in [2.75, 3.05) is 23.6 Å². The minimum Gasteiger partial charge on any atom is -0.338 e. The smallest absolute Gasteiger partial charge is 0.0564 e. The van der Waals surface area contributed by atoms with Gasteiger partial charge in [0.2, 0.25) is 0 Å². The number of fused-ring (bicyclic) bond motifs is 2. The van der Waals surface area contributed by atoms with E-state index in [2.05, 4.69) is 53.6 Å². The number of para-hydroxylation sites is 1. The van der Waals surface area contributed by atoms with E-state index in [0.717, 1.165) is 6.54 Å². The lowest BCUT2D eigenvalue weighted by Gasteiger charge is -2.32. The third-order valence-corrected chi connectivity index (χ3v) is 5.17. The van der Waals surface area contributed by atoms with Gasteiger partial charge in [0, 0.05) is 27.1 Å². The van der Waals surface area contributed by atoms with Gasteiger partial charge in [-0.05, 0) is 36.6 Å². The van der Waals surface area contributed by atoms with Gasteiger partial charge in [-0.25, -0.2) is 0 Å². The zero-order chi connectivity index (χ0) is 13.2. The first-order chi connectivity index (χ1) is 9.33. The molecule has 0 saturated carbocycles. The highest BCUT2D eigenvalue weighted by Gasteiger charge is 2.22. The van der Waals surface area contributed by atoms with E-state index in [1.807, 2.05) is 11.8 Å². The number of thioether (sulfide) groups is 1. The molecule has 0 spiro atoms. The summed E-state index contributed by atoms with van der Waals surface area (Å²) in [6.45, 7) is 0.837. The van der Waals surface area contributed by atoms with Crippen molar-refractivity contribution in [3.05, 3.63) is 42.5 Å². The Kier molecular flexibility index (Phi) is 3.96. The number of anilines is 2. The Morgan fingerprint density at radius 3 is 2.68 bits per heavy atom. The first-order valence-corrected chi connectivity index (χ1v) is 8.69. The summed E-state index contributed by atoms with van der Waals surface area (Å²) in [5.74, 6) is 0.627. The van der Waals surface area contributed by atoms with E-state index in [1.165, 1.54) is 26.1 Å². The van der Waals surface area contributed by atoms with Gasteiger partial charge in [-0.15, -0.1) is 23.4 Å². The summed E-state index contributed by atoms with van der Waals surface area (Å²) in [6, 6.07) is 15.2. The molecule has 4 heteroatoms. The Labute approximate surface area is 127 Å².